The summed E-state index contributed by atoms with van der Waals surface area (Å²) in [5.41, 5.74) is 1.77. The predicted molar refractivity (Wildman–Crippen MR) is 121 cm³/mol. The van der Waals surface area contributed by atoms with Crippen molar-refractivity contribution in [3.63, 3.8) is 0 Å². The molecular formula is C22H23N5O4. The van der Waals surface area contributed by atoms with E-state index in [1.165, 1.54) is 6.34 Å². The fourth-order valence-electron chi connectivity index (χ4n) is 2.60. The number of carboxylic acid groups (broad SMARTS) is 1. The maximum atomic E-state index is 12.2. The highest BCUT2D eigenvalue weighted by molar-refractivity contribution is 6.00. The Bertz CT molecular complexity index is 1090. The Kier molecular flexibility index (Phi) is 8.54. The molecular weight excluding hydrogens is 398 g/mol. The average molecular weight is 421 g/mol. The standard InChI is InChI=1S/C20H19N5O2.C2H4O2/c21-24-13-23-17-7-3-6-16(11-17)20(27)22-12-19(26)25-18-9-8-14-4-1-2-5-15(14)10-18;1-2(3)4/h1-11,13H,12,21H2,(H,22,27)(H,23,24)(H,25,26);1H3,(H,3,4). The molecule has 0 aliphatic heterocycles. The average Bonchev–Trinajstić information content (AvgIpc) is 2.76. The third-order valence-corrected chi connectivity index (χ3v) is 3.87. The number of hydrogen-bond acceptors (Lipinski definition) is 5. The smallest absolute Gasteiger partial charge is 0.300 e. The van der Waals surface area contributed by atoms with Crippen molar-refractivity contribution in [3.8, 4) is 0 Å². The molecule has 0 spiro atoms. The van der Waals surface area contributed by atoms with E-state index in [1.807, 2.05) is 42.5 Å². The normalized spacial score (nSPS) is 10.1. The number of hydrogen-bond donors (Lipinski definition) is 5. The third-order valence-electron chi connectivity index (χ3n) is 3.87. The SMILES string of the molecule is CC(=O)O.NN=CNc1cccc(C(=O)NCC(=O)Nc2ccc3ccccc3c2)c1. The van der Waals surface area contributed by atoms with Crippen LogP contribution in [0, 0.1) is 0 Å². The van der Waals surface area contributed by atoms with Crippen LogP contribution in [0.5, 0.6) is 0 Å². The van der Waals surface area contributed by atoms with Crippen LogP contribution in [0.15, 0.2) is 71.8 Å². The second kappa shape index (κ2) is 11.6. The number of nitrogens with zero attached hydrogens (tertiary/aromatic N) is 1. The minimum atomic E-state index is -0.833. The highest BCUT2D eigenvalue weighted by atomic mass is 16.4. The molecule has 9 nitrogen and oxygen atoms in total. The van der Waals surface area contributed by atoms with Gasteiger partial charge in [-0.2, -0.15) is 5.10 Å². The maximum absolute atomic E-state index is 12.2. The van der Waals surface area contributed by atoms with Crippen LogP contribution in [0.25, 0.3) is 10.8 Å². The zero-order chi connectivity index (χ0) is 22.6. The Morgan fingerprint density at radius 2 is 1.68 bits per heavy atom. The third kappa shape index (κ3) is 7.86. The van der Waals surface area contributed by atoms with Crippen molar-refractivity contribution < 1.29 is 19.5 Å². The number of amides is 2. The second-order valence-corrected chi connectivity index (χ2v) is 6.32. The lowest BCUT2D eigenvalue weighted by molar-refractivity contribution is -0.134. The second-order valence-electron chi connectivity index (χ2n) is 6.32. The molecule has 2 amide bonds. The highest BCUT2D eigenvalue weighted by Crippen LogP contribution is 2.18. The maximum Gasteiger partial charge on any atom is 0.300 e. The van der Waals surface area contributed by atoms with Gasteiger partial charge in [-0.25, -0.2) is 0 Å². The molecule has 0 aromatic heterocycles. The van der Waals surface area contributed by atoms with Crippen LogP contribution in [0.3, 0.4) is 0 Å². The van der Waals surface area contributed by atoms with Crippen molar-refractivity contribution in [3.05, 3.63) is 72.3 Å². The van der Waals surface area contributed by atoms with Crippen molar-refractivity contribution >= 4 is 46.3 Å². The van der Waals surface area contributed by atoms with Crippen molar-refractivity contribution in [2.24, 2.45) is 10.9 Å². The van der Waals surface area contributed by atoms with Gasteiger partial charge in [-0.15, -0.1) is 0 Å². The minimum Gasteiger partial charge on any atom is -0.481 e. The molecule has 3 aromatic carbocycles. The molecule has 0 atom stereocenters. The summed E-state index contributed by atoms with van der Waals surface area (Å²) in [6.45, 7) is 0.952. The zero-order valence-corrected chi connectivity index (χ0v) is 16.8. The summed E-state index contributed by atoms with van der Waals surface area (Å²) in [6.07, 6.45) is 1.31. The molecule has 0 unspecified atom stereocenters. The number of anilines is 2. The number of nitrogens with two attached hydrogens (primary N) is 1. The number of rotatable bonds is 6. The fourth-order valence-corrected chi connectivity index (χ4v) is 2.60. The molecule has 3 rings (SSSR count). The van der Waals surface area contributed by atoms with Gasteiger partial charge in [0, 0.05) is 23.9 Å². The summed E-state index contributed by atoms with van der Waals surface area (Å²) < 4.78 is 0. The van der Waals surface area contributed by atoms with Crippen LogP contribution in [0.4, 0.5) is 11.4 Å². The molecule has 0 aliphatic carbocycles. The van der Waals surface area contributed by atoms with Crippen LogP contribution in [-0.4, -0.2) is 35.8 Å². The first-order chi connectivity index (χ1) is 14.9. The Labute approximate surface area is 178 Å². The fraction of sp³-hybridized carbons (Fsp3) is 0.0909. The zero-order valence-electron chi connectivity index (χ0n) is 16.8. The number of aliphatic carboxylic acids is 1. The van der Waals surface area contributed by atoms with Crippen LogP contribution < -0.4 is 21.8 Å². The van der Waals surface area contributed by atoms with E-state index >= 15 is 0 Å². The van der Waals surface area contributed by atoms with Gasteiger partial charge in [-0.05, 0) is 41.1 Å². The lowest BCUT2D eigenvalue weighted by atomic mass is 10.1. The molecule has 0 saturated heterocycles. The summed E-state index contributed by atoms with van der Waals surface area (Å²) >= 11 is 0. The van der Waals surface area contributed by atoms with Crippen molar-refractivity contribution in [2.45, 2.75) is 6.92 Å². The number of benzene rings is 3. The van der Waals surface area contributed by atoms with Gasteiger partial charge in [0.15, 0.2) is 0 Å². The van der Waals surface area contributed by atoms with E-state index in [1.54, 1.807) is 24.3 Å². The Hall–Kier alpha value is -4.40. The van der Waals surface area contributed by atoms with Gasteiger partial charge in [0.2, 0.25) is 5.91 Å². The number of fused-ring (bicyclic) bond motifs is 1. The largest absolute Gasteiger partial charge is 0.481 e. The molecule has 3 aromatic rings. The predicted octanol–water partition coefficient (Wildman–Crippen LogP) is 2.61. The monoisotopic (exact) mass is 421 g/mol. The molecule has 0 aliphatic rings. The van der Waals surface area contributed by atoms with Gasteiger partial charge in [-0.3, -0.25) is 14.4 Å². The number of carbonyl (C=O) groups is 3. The van der Waals surface area contributed by atoms with Gasteiger partial charge in [0.1, 0.15) is 6.34 Å². The molecule has 0 bridgehead atoms. The van der Waals surface area contributed by atoms with Crippen molar-refractivity contribution in [2.75, 3.05) is 17.2 Å². The molecule has 0 heterocycles. The number of carboxylic acids is 1. The van der Waals surface area contributed by atoms with Crippen LogP contribution in [0.2, 0.25) is 0 Å². The van der Waals surface area contributed by atoms with E-state index in [2.05, 4.69) is 21.1 Å². The first-order valence-corrected chi connectivity index (χ1v) is 9.23. The summed E-state index contributed by atoms with van der Waals surface area (Å²) in [5.74, 6) is 3.55. The van der Waals surface area contributed by atoms with Crippen LogP contribution in [0.1, 0.15) is 17.3 Å². The molecule has 0 saturated carbocycles. The van der Waals surface area contributed by atoms with Gasteiger partial charge < -0.3 is 26.9 Å². The van der Waals surface area contributed by atoms with Gasteiger partial charge in [-0.1, -0.05) is 36.4 Å². The quantitative estimate of drug-likeness (QED) is 0.179. The van der Waals surface area contributed by atoms with Gasteiger partial charge >= 0.3 is 0 Å². The molecule has 9 heteroatoms. The number of nitrogens with one attached hydrogen (secondary N) is 3. The van der Waals surface area contributed by atoms with Gasteiger partial charge in [0.05, 0.1) is 6.54 Å². The van der Waals surface area contributed by atoms with E-state index in [0.717, 1.165) is 17.7 Å². The lowest BCUT2D eigenvalue weighted by Crippen LogP contribution is -2.32. The first-order valence-electron chi connectivity index (χ1n) is 9.23. The Balaban J connectivity index is 0.000000785. The Morgan fingerprint density at radius 3 is 2.39 bits per heavy atom. The minimum absolute atomic E-state index is 0.131. The molecule has 0 fully saturated rings. The molecule has 6 N–H and O–H groups in total. The number of hydrazone groups is 1. The molecule has 0 radical (unpaired) electrons. The number of carbonyl (C=O) groups excluding carboxylic acids is 2. The summed E-state index contributed by atoms with van der Waals surface area (Å²) in [6, 6.07) is 20.3. The van der Waals surface area contributed by atoms with Crippen LogP contribution in [-0.2, 0) is 9.59 Å². The van der Waals surface area contributed by atoms with Crippen molar-refractivity contribution in [1.29, 1.82) is 0 Å². The molecule has 160 valence electrons. The lowest BCUT2D eigenvalue weighted by Gasteiger charge is -2.09. The van der Waals surface area contributed by atoms with E-state index < -0.39 is 5.97 Å². The van der Waals surface area contributed by atoms with E-state index in [-0.39, 0.29) is 18.4 Å². The highest BCUT2D eigenvalue weighted by Gasteiger charge is 2.09. The van der Waals surface area contributed by atoms with Crippen molar-refractivity contribution in [1.82, 2.24) is 5.32 Å². The van der Waals surface area contributed by atoms with E-state index in [4.69, 9.17) is 15.7 Å². The molecule has 31 heavy (non-hydrogen) atoms. The summed E-state index contributed by atoms with van der Waals surface area (Å²) in [5, 5.41) is 21.1. The topological polar surface area (TPSA) is 146 Å². The first kappa shape index (κ1) is 22.9. The van der Waals surface area contributed by atoms with E-state index in [0.29, 0.717) is 16.9 Å². The summed E-state index contributed by atoms with van der Waals surface area (Å²) in [4.78, 5) is 33.3. The van der Waals surface area contributed by atoms with Crippen LogP contribution >= 0.6 is 0 Å². The van der Waals surface area contributed by atoms with Gasteiger partial charge in [0.25, 0.3) is 11.9 Å². The summed E-state index contributed by atoms with van der Waals surface area (Å²) in [7, 11) is 0. The Morgan fingerprint density at radius 1 is 0.968 bits per heavy atom. The van der Waals surface area contributed by atoms with E-state index in [9.17, 15) is 9.59 Å².